The molecule has 39 heavy (non-hydrogen) atoms. The molecular weight excluding hydrogens is 565 g/mol. The van der Waals surface area contributed by atoms with Gasteiger partial charge in [0.2, 0.25) is 0 Å². The Hall–Kier alpha value is -2.13. The van der Waals surface area contributed by atoms with Crippen LogP contribution in [0.3, 0.4) is 0 Å². The van der Waals surface area contributed by atoms with Gasteiger partial charge in [0.15, 0.2) is 11.6 Å². The summed E-state index contributed by atoms with van der Waals surface area (Å²) in [6.07, 6.45) is -2.74. The molecule has 15 heteroatoms. The van der Waals surface area contributed by atoms with Crippen LogP contribution in [0.5, 0.6) is 5.75 Å². The molecule has 3 atom stereocenters. The van der Waals surface area contributed by atoms with E-state index in [4.69, 9.17) is 17.7 Å². The molecule has 2 fully saturated rings. The van der Waals surface area contributed by atoms with Gasteiger partial charge in [0, 0.05) is 11.1 Å². The van der Waals surface area contributed by atoms with E-state index in [0.717, 1.165) is 5.56 Å². The number of hydrogen-bond donors (Lipinski definition) is 4. The van der Waals surface area contributed by atoms with E-state index in [-0.39, 0.29) is 36.1 Å². The van der Waals surface area contributed by atoms with E-state index in [2.05, 4.69) is 29.3 Å². The molecule has 0 saturated carbocycles. The van der Waals surface area contributed by atoms with Crippen LogP contribution >= 0.6 is 0 Å². The van der Waals surface area contributed by atoms with Crippen LogP contribution in [0.4, 0.5) is 0 Å². The van der Waals surface area contributed by atoms with Gasteiger partial charge in [0.25, 0.3) is 0 Å². The Balaban J connectivity index is 1.25. The lowest BCUT2D eigenvalue weighted by Crippen LogP contribution is -2.78. The van der Waals surface area contributed by atoms with Gasteiger partial charge in [-0.1, -0.05) is 45.0 Å². The summed E-state index contributed by atoms with van der Waals surface area (Å²) in [4.78, 5) is 54.7. The number of benzene rings is 2. The predicted octanol–water partition coefficient (Wildman–Crippen LogP) is 1.84. The fourth-order valence-electron chi connectivity index (χ4n) is 4.14. The van der Waals surface area contributed by atoms with Crippen molar-refractivity contribution in [2.75, 3.05) is 6.61 Å². The zero-order valence-electron chi connectivity index (χ0n) is 22.0. The van der Waals surface area contributed by atoms with Crippen molar-refractivity contribution in [2.45, 2.75) is 57.8 Å². The number of Topliss-reactive ketones (excluding diaryl/α,β-unsaturated/α-hetero) is 2. The maximum absolute atomic E-state index is 12.6. The van der Waals surface area contributed by atoms with E-state index in [0.29, 0.717) is 23.3 Å². The minimum atomic E-state index is -4.88. The average Bonchev–Trinajstić information content (AvgIpc) is 2.78. The smallest absolute Gasteiger partial charge is 0.494 e. The average molecular weight is 597 g/mol. The third kappa shape index (κ3) is 7.54. The SMILES string of the molecule is CC(C)(C)c1ccc(C(=O)CC(=O)c2ccc(OCCC[Si]3(C)OC4(O)O[Si](O)(O)O[Si](O)(O4)O3)cc2)cc1. The van der Waals surface area contributed by atoms with Gasteiger partial charge in [-0.3, -0.25) is 18.4 Å². The Morgan fingerprint density at radius 2 is 1.44 bits per heavy atom. The van der Waals surface area contributed by atoms with Crippen LogP contribution < -0.4 is 4.74 Å². The van der Waals surface area contributed by atoms with Crippen molar-refractivity contribution in [3.63, 3.8) is 0 Å². The molecule has 4 rings (SSSR count). The summed E-state index contributed by atoms with van der Waals surface area (Å²) in [5, 5.41) is 10.2. The van der Waals surface area contributed by atoms with Crippen molar-refractivity contribution in [3.05, 3.63) is 65.2 Å². The van der Waals surface area contributed by atoms with Crippen LogP contribution in [0.2, 0.25) is 12.6 Å². The standard InChI is InChI=1S/C24H32O12Si3/c1-23(2,3)19-10-6-17(7-11-19)21(25)16-22(26)18-8-12-20(13-9-18)31-14-5-15-37(4)32-24(27)33-38(28,29)36-39(30,34-24)35-37/h6-13,27-30H,5,14-16H2,1-4H3. The van der Waals surface area contributed by atoms with Crippen LogP contribution in [-0.4, -0.2) is 70.5 Å². The van der Waals surface area contributed by atoms with E-state index in [9.17, 15) is 29.1 Å². The number of rotatable bonds is 9. The van der Waals surface area contributed by atoms with Crippen LogP contribution in [-0.2, 0) is 26.9 Å². The third-order valence-corrected chi connectivity index (χ3v) is 13.9. The maximum atomic E-state index is 12.6. The molecule has 2 aliphatic rings. The van der Waals surface area contributed by atoms with E-state index >= 15 is 0 Å². The molecule has 0 aromatic heterocycles. The Bertz CT molecular complexity index is 1180. The van der Waals surface area contributed by atoms with Gasteiger partial charge in [-0.25, -0.2) is 0 Å². The summed E-state index contributed by atoms with van der Waals surface area (Å²) in [5.74, 6) is -0.0610. The molecule has 0 spiro atoms. The number of carbonyl (C=O) groups is 2. The molecule has 2 bridgehead atoms. The summed E-state index contributed by atoms with van der Waals surface area (Å²) in [6, 6.07) is 13.9. The van der Waals surface area contributed by atoms with Gasteiger partial charge in [0.1, 0.15) is 5.75 Å². The highest BCUT2D eigenvalue weighted by Crippen LogP contribution is 2.40. The first kappa shape index (κ1) is 29.8. The second-order valence-corrected chi connectivity index (χ2v) is 17.7. The number of ketones is 2. The quantitative estimate of drug-likeness (QED) is 0.144. The van der Waals surface area contributed by atoms with Crippen LogP contribution in [0.1, 0.15) is 59.9 Å². The van der Waals surface area contributed by atoms with Gasteiger partial charge >= 0.3 is 32.8 Å². The van der Waals surface area contributed by atoms with Crippen molar-refractivity contribution in [1.82, 2.24) is 0 Å². The molecule has 2 heterocycles. The Morgan fingerprint density at radius 3 is 1.97 bits per heavy atom. The van der Waals surface area contributed by atoms with E-state index in [1.807, 2.05) is 12.1 Å². The normalized spacial score (nSPS) is 28.1. The molecule has 0 radical (unpaired) electrons. The number of fused-ring (bicyclic) bond motifs is 2. The summed E-state index contributed by atoms with van der Waals surface area (Å²) in [5.41, 5.74) is 1.95. The highest BCUT2D eigenvalue weighted by molar-refractivity contribution is 6.79. The Labute approximate surface area is 228 Å². The van der Waals surface area contributed by atoms with Gasteiger partial charge in [-0.15, -0.1) is 0 Å². The molecule has 2 aliphatic heterocycles. The molecule has 2 saturated heterocycles. The van der Waals surface area contributed by atoms with Crippen LogP contribution in [0.25, 0.3) is 0 Å². The minimum absolute atomic E-state index is 0.0291. The second-order valence-electron chi connectivity index (χ2n) is 10.6. The molecule has 0 amide bonds. The van der Waals surface area contributed by atoms with E-state index < -0.39 is 32.8 Å². The van der Waals surface area contributed by atoms with Crippen molar-refractivity contribution >= 4 is 38.2 Å². The number of ether oxygens (including phenoxy) is 1. The van der Waals surface area contributed by atoms with Crippen molar-refractivity contribution in [3.8, 4) is 5.75 Å². The molecule has 12 nitrogen and oxygen atoms in total. The monoisotopic (exact) mass is 596 g/mol. The fraction of sp³-hybridized carbons (Fsp3) is 0.417. The fourth-order valence-corrected chi connectivity index (χ4v) is 11.9. The molecule has 212 valence electrons. The molecule has 2 aromatic carbocycles. The van der Waals surface area contributed by atoms with Gasteiger partial charge in [-0.05, 0) is 54.3 Å². The van der Waals surface area contributed by atoms with Crippen molar-refractivity contribution in [2.24, 2.45) is 0 Å². The number of carbonyl (C=O) groups excluding carboxylic acids is 2. The molecule has 2 aromatic rings. The first-order valence-electron chi connectivity index (χ1n) is 12.3. The first-order chi connectivity index (χ1) is 18.0. The highest BCUT2D eigenvalue weighted by Gasteiger charge is 2.73. The summed E-state index contributed by atoms with van der Waals surface area (Å²) in [6.45, 7) is 7.99. The van der Waals surface area contributed by atoms with Gasteiger partial charge in [-0.2, -0.15) is 0 Å². The largest absolute Gasteiger partial charge is 0.674 e. The second kappa shape index (κ2) is 10.7. The lowest BCUT2D eigenvalue weighted by Gasteiger charge is -2.50. The highest BCUT2D eigenvalue weighted by atomic mass is 28.5. The third-order valence-electron chi connectivity index (χ3n) is 6.09. The van der Waals surface area contributed by atoms with E-state index in [1.165, 1.54) is 6.55 Å². The molecule has 3 unspecified atom stereocenters. The molecule has 0 aliphatic carbocycles. The zero-order chi connectivity index (χ0) is 28.7. The predicted molar refractivity (Wildman–Crippen MR) is 140 cm³/mol. The number of aliphatic hydroxyl groups is 1. The van der Waals surface area contributed by atoms with Crippen LogP contribution in [0.15, 0.2) is 48.5 Å². The lowest BCUT2D eigenvalue weighted by atomic mass is 9.86. The van der Waals surface area contributed by atoms with E-state index in [1.54, 1.807) is 36.4 Å². The Kier molecular flexibility index (Phi) is 8.18. The molecule has 4 N–H and O–H groups in total. The zero-order valence-corrected chi connectivity index (χ0v) is 25.0. The van der Waals surface area contributed by atoms with Gasteiger partial charge in [0.05, 0.1) is 13.0 Å². The van der Waals surface area contributed by atoms with Gasteiger partial charge < -0.3 is 36.9 Å². The Morgan fingerprint density at radius 1 is 0.872 bits per heavy atom. The van der Waals surface area contributed by atoms with Crippen LogP contribution in [0, 0.1) is 0 Å². The first-order valence-corrected chi connectivity index (χ1v) is 18.2. The van der Waals surface area contributed by atoms with Crippen molar-refractivity contribution < 1.29 is 55.3 Å². The maximum Gasteiger partial charge on any atom is 0.674 e. The molecular formula is C24H32O12Si3. The summed E-state index contributed by atoms with van der Waals surface area (Å²) >= 11 is 0. The summed E-state index contributed by atoms with van der Waals surface area (Å²) < 4.78 is 30.4. The van der Waals surface area contributed by atoms with Crippen molar-refractivity contribution in [1.29, 1.82) is 0 Å². The minimum Gasteiger partial charge on any atom is -0.494 e. The number of hydrogen-bond acceptors (Lipinski definition) is 12. The summed E-state index contributed by atoms with van der Waals surface area (Å²) in [7, 11) is -12.8. The lowest BCUT2D eigenvalue weighted by molar-refractivity contribution is -0.453. The topological polar surface area (TPSA) is 170 Å².